The van der Waals surface area contributed by atoms with E-state index in [0.717, 1.165) is 18.4 Å². The number of amides is 1. The molecule has 1 aliphatic carbocycles. The Bertz CT molecular complexity index is 600. The summed E-state index contributed by atoms with van der Waals surface area (Å²) < 4.78 is 5.56. The predicted octanol–water partition coefficient (Wildman–Crippen LogP) is 0.129. The first-order valence-corrected chi connectivity index (χ1v) is 8.17. The van der Waals surface area contributed by atoms with Gasteiger partial charge in [0, 0.05) is 19.0 Å². The zero-order valence-corrected chi connectivity index (χ0v) is 13.3. The van der Waals surface area contributed by atoms with Gasteiger partial charge in [0.25, 0.3) is 0 Å². The Morgan fingerprint density at radius 3 is 2.54 bits per heavy atom. The molecule has 1 amide bonds. The lowest BCUT2D eigenvalue weighted by molar-refractivity contribution is -0.123. The first kappa shape index (κ1) is 16.9. The summed E-state index contributed by atoms with van der Waals surface area (Å²) in [6.07, 6.45) is 0.803. The molecule has 0 spiro atoms. The Balaban J connectivity index is 1.44. The standard InChI is InChI=1S/C17H22N2O5/c20-15-13(9-24-14(15)8-19-16(21)11-5-6-11)18-7-10-1-3-12(4-2-10)17(22)23/h1-4,11,13-15,18,20H,5-9H2,(H,19,21)(H,22,23)/t13-,14-,15+/m1/s1. The van der Waals surface area contributed by atoms with Gasteiger partial charge < -0.3 is 25.6 Å². The van der Waals surface area contributed by atoms with Crippen molar-refractivity contribution in [3.05, 3.63) is 35.4 Å². The van der Waals surface area contributed by atoms with Crippen molar-refractivity contribution in [2.45, 2.75) is 37.6 Å². The fourth-order valence-electron chi connectivity index (χ4n) is 2.75. The van der Waals surface area contributed by atoms with Crippen LogP contribution in [-0.4, -0.2) is 53.5 Å². The summed E-state index contributed by atoms with van der Waals surface area (Å²) in [4.78, 5) is 22.4. The zero-order valence-electron chi connectivity index (χ0n) is 13.3. The molecule has 0 unspecified atom stereocenters. The number of nitrogens with one attached hydrogen (secondary N) is 2. The van der Waals surface area contributed by atoms with E-state index in [1.165, 1.54) is 0 Å². The lowest BCUT2D eigenvalue weighted by atomic mass is 10.1. The van der Waals surface area contributed by atoms with Gasteiger partial charge in [-0.3, -0.25) is 4.79 Å². The van der Waals surface area contributed by atoms with Crippen LogP contribution in [-0.2, 0) is 16.1 Å². The Morgan fingerprint density at radius 2 is 1.92 bits per heavy atom. The third kappa shape index (κ3) is 4.11. The SMILES string of the molecule is O=C(O)c1ccc(CN[C@@H]2CO[C@H](CNC(=O)C3CC3)[C@H]2O)cc1. The fourth-order valence-corrected chi connectivity index (χ4v) is 2.75. The molecular formula is C17H22N2O5. The number of carboxylic acid groups (broad SMARTS) is 1. The van der Waals surface area contributed by atoms with Crippen LogP contribution < -0.4 is 10.6 Å². The number of ether oxygens (including phenoxy) is 1. The number of carbonyl (C=O) groups excluding carboxylic acids is 1. The number of aromatic carboxylic acids is 1. The molecule has 3 atom stereocenters. The number of rotatable bonds is 7. The van der Waals surface area contributed by atoms with Gasteiger partial charge in [0.2, 0.25) is 5.91 Å². The van der Waals surface area contributed by atoms with Crippen LogP contribution >= 0.6 is 0 Å². The van der Waals surface area contributed by atoms with E-state index in [1.54, 1.807) is 24.3 Å². The second kappa shape index (κ2) is 7.29. The Kier molecular flexibility index (Phi) is 5.13. The Hall–Kier alpha value is -1.96. The van der Waals surface area contributed by atoms with Crippen molar-refractivity contribution < 1.29 is 24.5 Å². The molecule has 1 aliphatic heterocycles. The highest BCUT2D eigenvalue weighted by Crippen LogP contribution is 2.28. The minimum Gasteiger partial charge on any atom is -0.478 e. The van der Waals surface area contributed by atoms with Crippen LogP contribution in [0.5, 0.6) is 0 Å². The number of hydrogen-bond acceptors (Lipinski definition) is 5. The fraction of sp³-hybridized carbons (Fsp3) is 0.529. The maximum atomic E-state index is 11.6. The van der Waals surface area contributed by atoms with Gasteiger partial charge >= 0.3 is 5.97 Å². The molecule has 1 saturated heterocycles. The van der Waals surface area contributed by atoms with E-state index in [-0.39, 0.29) is 23.4 Å². The second-order valence-corrected chi connectivity index (χ2v) is 6.37. The van der Waals surface area contributed by atoms with Crippen molar-refractivity contribution >= 4 is 11.9 Å². The van der Waals surface area contributed by atoms with Gasteiger partial charge in [-0.25, -0.2) is 4.79 Å². The Morgan fingerprint density at radius 1 is 1.21 bits per heavy atom. The molecule has 4 N–H and O–H groups in total. The van der Waals surface area contributed by atoms with Gasteiger partial charge in [0.1, 0.15) is 6.10 Å². The Labute approximate surface area is 140 Å². The van der Waals surface area contributed by atoms with Gasteiger partial charge in [-0.05, 0) is 30.5 Å². The molecule has 7 heteroatoms. The third-order valence-corrected chi connectivity index (χ3v) is 4.48. The van der Waals surface area contributed by atoms with Crippen molar-refractivity contribution in [2.75, 3.05) is 13.2 Å². The number of hydrogen-bond donors (Lipinski definition) is 4. The van der Waals surface area contributed by atoms with E-state index in [4.69, 9.17) is 9.84 Å². The summed E-state index contributed by atoms with van der Waals surface area (Å²) in [6.45, 7) is 1.20. The van der Waals surface area contributed by atoms with Crippen molar-refractivity contribution in [1.82, 2.24) is 10.6 Å². The molecule has 7 nitrogen and oxygen atoms in total. The minimum absolute atomic E-state index is 0.0423. The lowest BCUT2D eigenvalue weighted by Crippen LogP contribution is -2.44. The molecule has 130 valence electrons. The van der Waals surface area contributed by atoms with E-state index >= 15 is 0 Å². The molecular weight excluding hydrogens is 312 g/mol. The topological polar surface area (TPSA) is 108 Å². The highest BCUT2D eigenvalue weighted by molar-refractivity contribution is 5.87. The molecule has 1 saturated carbocycles. The monoisotopic (exact) mass is 334 g/mol. The largest absolute Gasteiger partial charge is 0.478 e. The van der Waals surface area contributed by atoms with Gasteiger partial charge in [0.15, 0.2) is 0 Å². The normalized spacial score (nSPS) is 26.3. The van der Waals surface area contributed by atoms with Gasteiger partial charge in [-0.15, -0.1) is 0 Å². The van der Waals surface area contributed by atoms with Crippen molar-refractivity contribution in [3.8, 4) is 0 Å². The van der Waals surface area contributed by atoms with Crippen LogP contribution in [0.15, 0.2) is 24.3 Å². The summed E-state index contributed by atoms with van der Waals surface area (Å²) >= 11 is 0. The molecule has 2 aliphatic rings. The number of carbonyl (C=O) groups is 2. The quantitative estimate of drug-likeness (QED) is 0.564. The van der Waals surface area contributed by atoms with Crippen LogP contribution in [0, 0.1) is 5.92 Å². The van der Waals surface area contributed by atoms with Crippen molar-refractivity contribution in [2.24, 2.45) is 5.92 Å². The molecule has 0 bridgehead atoms. The summed E-state index contributed by atoms with van der Waals surface area (Å²) in [6, 6.07) is 6.37. The van der Waals surface area contributed by atoms with E-state index in [0.29, 0.717) is 19.7 Å². The predicted molar refractivity (Wildman–Crippen MR) is 85.5 cm³/mol. The highest BCUT2D eigenvalue weighted by atomic mass is 16.5. The van der Waals surface area contributed by atoms with Gasteiger partial charge in [0.05, 0.1) is 24.3 Å². The average Bonchev–Trinajstić information content (AvgIpc) is 3.37. The first-order chi connectivity index (χ1) is 11.5. The van der Waals surface area contributed by atoms with Crippen molar-refractivity contribution in [3.63, 3.8) is 0 Å². The van der Waals surface area contributed by atoms with E-state index in [9.17, 15) is 14.7 Å². The number of carboxylic acids is 1. The maximum absolute atomic E-state index is 11.6. The number of aliphatic hydroxyl groups is 1. The molecule has 1 heterocycles. The summed E-state index contributed by atoms with van der Waals surface area (Å²) in [5, 5.41) is 25.2. The first-order valence-electron chi connectivity index (χ1n) is 8.17. The van der Waals surface area contributed by atoms with Gasteiger partial charge in [-0.1, -0.05) is 12.1 Å². The van der Waals surface area contributed by atoms with Crippen LogP contribution in [0.25, 0.3) is 0 Å². The molecule has 1 aromatic rings. The van der Waals surface area contributed by atoms with E-state index in [2.05, 4.69) is 10.6 Å². The summed E-state index contributed by atoms with van der Waals surface area (Å²) in [5.74, 6) is -0.766. The minimum atomic E-state index is -0.954. The second-order valence-electron chi connectivity index (χ2n) is 6.37. The average molecular weight is 334 g/mol. The lowest BCUT2D eigenvalue weighted by Gasteiger charge is -2.19. The summed E-state index contributed by atoms with van der Waals surface area (Å²) in [7, 11) is 0. The highest BCUT2D eigenvalue weighted by Gasteiger charge is 2.37. The smallest absolute Gasteiger partial charge is 0.335 e. The van der Waals surface area contributed by atoms with Crippen LogP contribution in [0.4, 0.5) is 0 Å². The van der Waals surface area contributed by atoms with E-state index < -0.39 is 18.2 Å². The van der Waals surface area contributed by atoms with Crippen LogP contribution in [0.2, 0.25) is 0 Å². The molecule has 3 rings (SSSR count). The zero-order chi connectivity index (χ0) is 17.1. The van der Waals surface area contributed by atoms with Crippen LogP contribution in [0.3, 0.4) is 0 Å². The molecule has 0 aromatic heterocycles. The molecule has 0 radical (unpaired) electrons. The maximum Gasteiger partial charge on any atom is 0.335 e. The van der Waals surface area contributed by atoms with Gasteiger partial charge in [-0.2, -0.15) is 0 Å². The molecule has 1 aromatic carbocycles. The molecule has 24 heavy (non-hydrogen) atoms. The van der Waals surface area contributed by atoms with E-state index in [1.807, 2.05) is 0 Å². The van der Waals surface area contributed by atoms with Crippen molar-refractivity contribution in [1.29, 1.82) is 0 Å². The van der Waals surface area contributed by atoms with Crippen LogP contribution in [0.1, 0.15) is 28.8 Å². The number of aliphatic hydroxyl groups excluding tert-OH is 1. The number of benzene rings is 1. The summed E-state index contributed by atoms with van der Waals surface area (Å²) in [5.41, 5.74) is 1.17. The molecule has 2 fully saturated rings. The third-order valence-electron chi connectivity index (χ3n) is 4.48.